The number of carbonyl (C=O) groups excluding carboxylic acids is 1. The third-order valence-electron chi connectivity index (χ3n) is 3.41. The molecule has 8 heteroatoms. The van der Waals surface area contributed by atoms with Gasteiger partial charge in [0.1, 0.15) is 18.3 Å². The summed E-state index contributed by atoms with van der Waals surface area (Å²) in [5, 5.41) is 7.16. The summed E-state index contributed by atoms with van der Waals surface area (Å²) in [7, 11) is 1.71. The van der Waals surface area contributed by atoms with E-state index in [-0.39, 0.29) is 18.0 Å². The van der Waals surface area contributed by atoms with Crippen LogP contribution in [0.4, 0.5) is 5.69 Å². The molecule has 1 amide bonds. The van der Waals surface area contributed by atoms with Crippen molar-refractivity contribution < 1.29 is 4.79 Å². The largest absolute Gasteiger partial charge is 0.325 e. The zero-order chi connectivity index (χ0) is 16.4. The van der Waals surface area contributed by atoms with Crippen molar-refractivity contribution in [3.8, 4) is 0 Å². The van der Waals surface area contributed by atoms with Crippen molar-refractivity contribution in [1.82, 2.24) is 19.3 Å². The molecule has 2 heterocycles. The van der Waals surface area contributed by atoms with Gasteiger partial charge in [0, 0.05) is 17.6 Å². The zero-order valence-electron chi connectivity index (χ0n) is 12.7. The van der Waals surface area contributed by atoms with E-state index in [1.54, 1.807) is 18.8 Å². The number of aryl methyl sites for hydroxylation is 1. The lowest BCUT2D eigenvalue weighted by Gasteiger charge is -2.07. The van der Waals surface area contributed by atoms with E-state index in [0.717, 1.165) is 4.90 Å². The number of fused-ring (bicyclic) bond motifs is 1. The molecule has 0 saturated heterocycles. The van der Waals surface area contributed by atoms with E-state index in [4.69, 9.17) is 0 Å². The van der Waals surface area contributed by atoms with E-state index in [2.05, 4.69) is 15.4 Å². The standard InChI is InChI=1S/C15H15N5O2S/c1-19-14-12(7-17-19)15(22)20(9-16-14)8-13(21)18-10-3-5-11(23-2)6-4-10/h3-7,9H,8H2,1-2H3,(H,18,21). The van der Waals surface area contributed by atoms with Crippen LogP contribution in [-0.4, -0.2) is 31.5 Å². The minimum Gasteiger partial charge on any atom is -0.325 e. The van der Waals surface area contributed by atoms with Crippen molar-refractivity contribution in [2.24, 2.45) is 7.05 Å². The third kappa shape index (κ3) is 3.11. The van der Waals surface area contributed by atoms with Crippen LogP contribution in [0.15, 0.2) is 46.5 Å². The van der Waals surface area contributed by atoms with Crippen molar-refractivity contribution in [3.05, 3.63) is 47.1 Å². The number of hydrogen-bond donors (Lipinski definition) is 1. The lowest BCUT2D eigenvalue weighted by molar-refractivity contribution is -0.116. The molecule has 1 N–H and O–H groups in total. The number of thioether (sulfide) groups is 1. The summed E-state index contributed by atoms with van der Waals surface area (Å²) in [6.45, 7) is -0.0963. The highest BCUT2D eigenvalue weighted by Crippen LogP contribution is 2.17. The molecule has 0 aliphatic carbocycles. The molecule has 2 aromatic heterocycles. The van der Waals surface area contributed by atoms with Crippen LogP contribution in [0, 0.1) is 0 Å². The second-order valence-corrected chi connectivity index (χ2v) is 5.84. The summed E-state index contributed by atoms with van der Waals surface area (Å²) in [6, 6.07) is 7.51. The van der Waals surface area contributed by atoms with E-state index < -0.39 is 0 Å². The number of nitrogens with one attached hydrogen (secondary N) is 1. The van der Waals surface area contributed by atoms with Crippen molar-refractivity contribution in [2.75, 3.05) is 11.6 Å². The molecule has 0 bridgehead atoms. The maximum Gasteiger partial charge on any atom is 0.264 e. The highest BCUT2D eigenvalue weighted by atomic mass is 32.2. The molecule has 118 valence electrons. The molecule has 0 saturated carbocycles. The molecule has 3 rings (SSSR count). The van der Waals surface area contributed by atoms with Gasteiger partial charge in [-0.25, -0.2) is 4.98 Å². The van der Waals surface area contributed by atoms with Gasteiger partial charge < -0.3 is 5.32 Å². The van der Waals surface area contributed by atoms with Crippen molar-refractivity contribution in [3.63, 3.8) is 0 Å². The molecular weight excluding hydrogens is 314 g/mol. The van der Waals surface area contributed by atoms with Crippen LogP contribution in [0.3, 0.4) is 0 Å². The minimum atomic E-state index is -0.283. The molecule has 0 unspecified atom stereocenters. The molecule has 0 aliphatic heterocycles. The monoisotopic (exact) mass is 329 g/mol. The molecule has 0 spiro atoms. The highest BCUT2D eigenvalue weighted by molar-refractivity contribution is 7.98. The zero-order valence-corrected chi connectivity index (χ0v) is 13.5. The number of hydrogen-bond acceptors (Lipinski definition) is 5. The molecule has 3 aromatic rings. The van der Waals surface area contributed by atoms with Gasteiger partial charge in [-0.3, -0.25) is 18.8 Å². The molecule has 0 aliphatic rings. The summed E-state index contributed by atoms with van der Waals surface area (Å²) in [5.41, 5.74) is 0.909. The molecule has 1 aromatic carbocycles. The first-order valence-corrected chi connectivity index (χ1v) is 8.12. The van der Waals surface area contributed by atoms with Crippen LogP contribution in [0.5, 0.6) is 0 Å². The second kappa shape index (κ2) is 6.25. The average Bonchev–Trinajstić information content (AvgIpc) is 2.93. The highest BCUT2D eigenvalue weighted by Gasteiger charge is 2.11. The maximum atomic E-state index is 12.3. The number of rotatable bonds is 4. The minimum absolute atomic E-state index is 0.0963. The first-order valence-electron chi connectivity index (χ1n) is 6.89. The Balaban J connectivity index is 1.77. The number of amides is 1. The molecule has 7 nitrogen and oxygen atoms in total. The molecule has 0 fully saturated rings. The molecule has 0 radical (unpaired) electrons. The predicted molar refractivity (Wildman–Crippen MR) is 89.6 cm³/mol. The second-order valence-electron chi connectivity index (χ2n) is 4.96. The fourth-order valence-electron chi connectivity index (χ4n) is 2.21. The van der Waals surface area contributed by atoms with Crippen LogP contribution >= 0.6 is 11.8 Å². The topological polar surface area (TPSA) is 81.8 Å². The van der Waals surface area contributed by atoms with Crippen molar-refractivity contribution >= 4 is 34.4 Å². The Kier molecular flexibility index (Phi) is 4.16. The van der Waals surface area contributed by atoms with E-state index in [1.807, 2.05) is 30.5 Å². The number of nitrogens with zero attached hydrogens (tertiary/aromatic N) is 4. The molecule has 0 atom stereocenters. The van der Waals surface area contributed by atoms with Crippen LogP contribution < -0.4 is 10.9 Å². The smallest absolute Gasteiger partial charge is 0.264 e. The van der Waals surface area contributed by atoms with Crippen LogP contribution in [0.1, 0.15) is 0 Å². The SMILES string of the molecule is CSc1ccc(NC(=O)Cn2cnc3c(cnn3C)c2=O)cc1. The normalized spacial score (nSPS) is 10.9. The Labute approximate surface area is 136 Å². The Morgan fingerprint density at radius 1 is 1.30 bits per heavy atom. The Morgan fingerprint density at radius 2 is 2.04 bits per heavy atom. The first-order chi connectivity index (χ1) is 11.1. The first kappa shape index (κ1) is 15.3. The fraction of sp³-hybridized carbons (Fsp3) is 0.200. The van der Waals surface area contributed by atoms with Crippen LogP contribution in [-0.2, 0) is 18.4 Å². The predicted octanol–water partition coefficient (Wildman–Crippen LogP) is 1.49. The van der Waals surface area contributed by atoms with E-state index in [1.165, 1.54) is 21.8 Å². The number of carbonyl (C=O) groups is 1. The van der Waals surface area contributed by atoms with E-state index in [9.17, 15) is 9.59 Å². The Bertz CT molecular complexity index is 914. The van der Waals surface area contributed by atoms with Gasteiger partial charge in [0.25, 0.3) is 5.56 Å². The summed E-state index contributed by atoms with van der Waals surface area (Å²) in [4.78, 5) is 29.7. The van der Waals surface area contributed by atoms with Gasteiger partial charge in [-0.05, 0) is 30.5 Å². The Hall–Kier alpha value is -2.61. The van der Waals surface area contributed by atoms with Crippen molar-refractivity contribution in [1.29, 1.82) is 0 Å². The number of anilines is 1. The van der Waals surface area contributed by atoms with Crippen molar-refractivity contribution in [2.45, 2.75) is 11.4 Å². The van der Waals surface area contributed by atoms with E-state index >= 15 is 0 Å². The van der Waals surface area contributed by atoms with Gasteiger partial charge in [-0.15, -0.1) is 11.8 Å². The number of aromatic nitrogens is 4. The summed E-state index contributed by atoms with van der Waals surface area (Å²) in [6.07, 6.45) is 4.81. The quantitative estimate of drug-likeness (QED) is 0.733. The van der Waals surface area contributed by atoms with Gasteiger partial charge >= 0.3 is 0 Å². The maximum absolute atomic E-state index is 12.3. The molecular formula is C15H15N5O2S. The van der Waals surface area contributed by atoms with Gasteiger partial charge in [-0.2, -0.15) is 5.10 Å². The Morgan fingerprint density at radius 3 is 2.74 bits per heavy atom. The lowest BCUT2D eigenvalue weighted by Crippen LogP contribution is -2.27. The van der Waals surface area contributed by atoms with Gasteiger partial charge in [0.2, 0.25) is 5.91 Å². The number of benzene rings is 1. The lowest BCUT2D eigenvalue weighted by atomic mass is 10.3. The van der Waals surface area contributed by atoms with E-state index in [0.29, 0.717) is 16.7 Å². The fourth-order valence-corrected chi connectivity index (χ4v) is 2.62. The van der Waals surface area contributed by atoms with Crippen LogP contribution in [0.25, 0.3) is 11.0 Å². The summed E-state index contributed by atoms with van der Waals surface area (Å²) in [5.74, 6) is -0.283. The van der Waals surface area contributed by atoms with Gasteiger partial charge in [0.05, 0.1) is 6.20 Å². The van der Waals surface area contributed by atoms with Gasteiger partial charge in [0.15, 0.2) is 5.65 Å². The molecule has 23 heavy (non-hydrogen) atoms. The summed E-state index contributed by atoms with van der Waals surface area (Å²) < 4.78 is 2.80. The summed E-state index contributed by atoms with van der Waals surface area (Å²) >= 11 is 1.63. The van der Waals surface area contributed by atoms with Crippen LogP contribution in [0.2, 0.25) is 0 Å². The van der Waals surface area contributed by atoms with Gasteiger partial charge in [-0.1, -0.05) is 0 Å². The average molecular weight is 329 g/mol. The third-order valence-corrected chi connectivity index (χ3v) is 4.15.